The number of benzene rings is 2. The molecule has 2 aromatic carbocycles. The molecule has 26 heavy (non-hydrogen) atoms. The van der Waals surface area contributed by atoms with Crippen molar-refractivity contribution < 1.29 is 17.6 Å². The fourth-order valence-corrected chi connectivity index (χ4v) is 3.58. The number of sulfonamides is 1. The molecule has 0 saturated heterocycles. The zero-order chi connectivity index (χ0) is 18.7. The summed E-state index contributed by atoms with van der Waals surface area (Å²) in [5.41, 5.74) is 0.598. The van der Waals surface area contributed by atoms with Gasteiger partial charge in [-0.3, -0.25) is 9.52 Å². The standard InChI is InChI=1S/C17H12Cl2N2O4S/c18-13-3-1-4-14(16(13)19)21-26(23,24)12-8-6-11(7-9-12)20-17(22)15-5-2-10-25-15/h1-10,21H,(H,20,22). The summed E-state index contributed by atoms with van der Waals surface area (Å²) < 4.78 is 32.3. The first-order valence-corrected chi connectivity index (χ1v) is 9.52. The van der Waals surface area contributed by atoms with E-state index in [1.54, 1.807) is 18.2 Å². The van der Waals surface area contributed by atoms with Crippen molar-refractivity contribution >= 4 is 50.5 Å². The lowest BCUT2D eigenvalue weighted by Crippen LogP contribution is -2.14. The summed E-state index contributed by atoms with van der Waals surface area (Å²) in [6.07, 6.45) is 1.39. The predicted molar refractivity (Wildman–Crippen MR) is 100 cm³/mol. The van der Waals surface area contributed by atoms with Crippen LogP contribution in [0.3, 0.4) is 0 Å². The van der Waals surface area contributed by atoms with E-state index in [2.05, 4.69) is 10.0 Å². The Morgan fingerprint density at radius 3 is 2.35 bits per heavy atom. The van der Waals surface area contributed by atoms with Crippen molar-refractivity contribution in [3.05, 3.63) is 76.7 Å². The summed E-state index contributed by atoms with van der Waals surface area (Å²) in [4.78, 5) is 11.9. The molecule has 0 aliphatic carbocycles. The molecule has 2 N–H and O–H groups in total. The molecule has 3 rings (SSSR count). The molecular weight excluding hydrogens is 399 g/mol. The number of rotatable bonds is 5. The maximum Gasteiger partial charge on any atom is 0.291 e. The van der Waals surface area contributed by atoms with Gasteiger partial charge in [0.1, 0.15) is 0 Å². The van der Waals surface area contributed by atoms with Gasteiger partial charge in [-0.25, -0.2) is 8.42 Å². The largest absolute Gasteiger partial charge is 0.459 e. The summed E-state index contributed by atoms with van der Waals surface area (Å²) in [6, 6.07) is 13.4. The van der Waals surface area contributed by atoms with Gasteiger partial charge in [-0.15, -0.1) is 0 Å². The Hall–Kier alpha value is -2.48. The summed E-state index contributed by atoms with van der Waals surface area (Å²) in [5.74, 6) is -0.284. The first-order valence-electron chi connectivity index (χ1n) is 7.28. The first-order chi connectivity index (χ1) is 12.4. The van der Waals surface area contributed by atoms with Crippen LogP contribution in [0.2, 0.25) is 10.0 Å². The van der Waals surface area contributed by atoms with Gasteiger partial charge >= 0.3 is 0 Å². The Bertz CT molecular complexity index is 1030. The third kappa shape index (κ3) is 4.01. The normalized spacial score (nSPS) is 11.2. The van der Waals surface area contributed by atoms with Gasteiger partial charge in [0.15, 0.2) is 5.76 Å². The van der Waals surface area contributed by atoms with Crippen molar-refractivity contribution in [2.45, 2.75) is 4.90 Å². The molecule has 9 heteroatoms. The van der Waals surface area contributed by atoms with Crippen molar-refractivity contribution in [3.8, 4) is 0 Å². The highest BCUT2D eigenvalue weighted by Gasteiger charge is 2.17. The molecule has 0 atom stereocenters. The van der Waals surface area contributed by atoms with Crippen LogP contribution in [0.25, 0.3) is 0 Å². The van der Waals surface area contributed by atoms with E-state index in [0.29, 0.717) is 5.69 Å². The number of carbonyl (C=O) groups excluding carboxylic acids is 1. The van der Waals surface area contributed by atoms with Crippen LogP contribution in [0.5, 0.6) is 0 Å². The van der Waals surface area contributed by atoms with E-state index in [1.165, 1.54) is 42.7 Å². The lowest BCUT2D eigenvalue weighted by molar-refractivity contribution is 0.0996. The second-order valence-corrected chi connectivity index (χ2v) is 7.63. The Balaban J connectivity index is 1.76. The van der Waals surface area contributed by atoms with Gasteiger partial charge < -0.3 is 9.73 Å². The predicted octanol–water partition coefficient (Wildman–Crippen LogP) is 4.64. The Labute approximate surface area is 159 Å². The van der Waals surface area contributed by atoms with Crippen LogP contribution < -0.4 is 10.0 Å². The Morgan fingerprint density at radius 2 is 1.69 bits per heavy atom. The van der Waals surface area contributed by atoms with Gasteiger partial charge in [0.2, 0.25) is 0 Å². The Morgan fingerprint density at radius 1 is 0.962 bits per heavy atom. The highest BCUT2D eigenvalue weighted by molar-refractivity contribution is 7.92. The number of carbonyl (C=O) groups is 1. The third-order valence-corrected chi connectivity index (χ3v) is 5.56. The van der Waals surface area contributed by atoms with E-state index < -0.39 is 15.9 Å². The number of amides is 1. The molecule has 3 aromatic rings. The van der Waals surface area contributed by atoms with Crippen LogP contribution in [0.4, 0.5) is 11.4 Å². The van der Waals surface area contributed by atoms with Crippen molar-refractivity contribution in [2.75, 3.05) is 10.0 Å². The fraction of sp³-hybridized carbons (Fsp3) is 0. The summed E-state index contributed by atoms with van der Waals surface area (Å²) >= 11 is 11.9. The van der Waals surface area contributed by atoms with Crippen LogP contribution in [0, 0.1) is 0 Å². The molecule has 1 aromatic heterocycles. The van der Waals surface area contributed by atoms with Crippen LogP contribution >= 0.6 is 23.2 Å². The number of hydrogen-bond donors (Lipinski definition) is 2. The van der Waals surface area contributed by atoms with Crippen molar-refractivity contribution in [1.82, 2.24) is 0 Å². The number of anilines is 2. The van der Waals surface area contributed by atoms with E-state index in [0.717, 1.165) is 0 Å². The zero-order valence-corrected chi connectivity index (χ0v) is 15.4. The third-order valence-electron chi connectivity index (χ3n) is 3.36. The summed E-state index contributed by atoms with van der Waals surface area (Å²) in [5, 5.41) is 2.95. The van der Waals surface area contributed by atoms with E-state index in [4.69, 9.17) is 27.6 Å². The number of halogens is 2. The van der Waals surface area contributed by atoms with Crippen molar-refractivity contribution in [2.24, 2.45) is 0 Å². The Kier molecular flexibility index (Phi) is 5.22. The van der Waals surface area contributed by atoms with E-state index in [9.17, 15) is 13.2 Å². The topological polar surface area (TPSA) is 88.4 Å². The molecule has 0 aliphatic rings. The summed E-state index contributed by atoms with van der Waals surface area (Å²) in [6.45, 7) is 0. The molecule has 0 fully saturated rings. The molecule has 0 spiro atoms. The van der Waals surface area contributed by atoms with E-state index in [1.807, 2.05) is 0 Å². The van der Waals surface area contributed by atoms with Gasteiger partial charge in [0.25, 0.3) is 15.9 Å². The van der Waals surface area contributed by atoms with Crippen molar-refractivity contribution in [3.63, 3.8) is 0 Å². The fourth-order valence-electron chi connectivity index (χ4n) is 2.10. The van der Waals surface area contributed by atoms with Crippen LogP contribution in [-0.2, 0) is 10.0 Å². The van der Waals surface area contributed by atoms with Crippen LogP contribution in [0.15, 0.2) is 70.2 Å². The molecule has 0 saturated carbocycles. The number of furan rings is 1. The molecule has 1 amide bonds. The average molecular weight is 411 g/mol. The maximum absolute atomic E-state index is 12.5. The minimum atomic E-state index is -3.87. The minimum absolute atomic E-state index is 0.00420. The average Bonchev–Trinajstić information content (AvgIpc) is 3.14. The number of hydrogen-bond acceptors (Lipinski definition) is 4. The quantitative estimate of drug-likeness (QED) is 0.640. The lowest BCUT2D eigenvalue weighted by atomic mass is 10.3. The monoisotopic (exact) mass is 410 g/mol. The second-order valence-electron chi connectivity index (χ2n) is 5.16. The molecular formula is C17H12Cl2N2O4S. The maximum atomic E-state index is 12.5. The highest BCUT2D eigenvalue weighted by atomic mass is 35.5. The lowest BCUT2D eigenvalue weighted by Gasteiger charge is -2.11. The molecule has 0 unspecified atom stereocenters. The van der Waals surface area contributed by atoms with E-state index in [-0.39, 0.29) is 26.4 Å². The summed E-state index contributed by atoms with van der Waals surface area (Å²) in [7, 11) is -3.87. The molecule has 134 valence electrons. The zero-order valence-electron chi connectivity index (χ0n) is 13.1. The molecule has 1 heterocycles. The molecule has 0 bridgehead atoms. The first kappa shape index (κ1) is 18.3. The highest BCUT2D eigenvalue weighted by Crippen LogP contribution is 2.31. The van der Waals surface area contributed by atoms with Gasteiger partial charge in [-0.1, -0.05) is 29.3 Å². The van der Waals surface area contributed by atoms with Gasteiger partial charge in [-0.2, -0.15) is 0 Å². The van der Waals surface area contributed by atoms with Gasteiger partial charge in [-0.05, 0) is 48.5 Å². The molecule has 6 nitrogen and oxygen atoms in total. The SMILES string of the molecule is O=C(Nc1ccc(S(=O)(=O)Nc2cccc(Cl)c2Cl)cc1)c1ccco1. The molecule has 0 radical (unpaired) electrons. The van der Waals surface area contributed by atoms with Gasteiger partial charge in [0.05, 0.1) is 26.9 Å². The smallest absolute Gasteiger partial charge is 0.291 e. The second kappa shape index (κ2) is 7.41. The molecule has 0 aliphatic heterocycles. The number of nitrogens with one attached hydrogen (secondary N) is 2. The van der Waals surface area contributed by atoms with Gasteiger partial charge in [0, 0.05) is 5.69 Å². The van der Waals surface area contributed by atoms with Crippen LogP contribution in [0.1, 0.15) is 10.6 Å². The van der Waals surface area contributed by atoms with Crippen LogP contribution in [-0.4, -0.2) is 14.3 Å². The minimum Gasteiger partial charge on any atom is -0.459 e. The van der Waals surface area contributed by atoms with Crippen molar-refractivity contribution in [1.29, 1.82) is 0 Å². The van der Waals surface area contributed by atoms with E-state index >= 15 is 0 Å².